The SMILES string of the molecule is C/C(N)=C(/S)c1ccc(CNC=O)c(OCCOCCOCCN2CCN(/C(=C/C(=N)c3ccccc3O)C(=N)N)CC2)c1. The molecule has 12 nitrogen and oxygen atoms in total. The third-order valence-corrected chi connectivity index (χ3v) is 7.57. The van der Waals surface area contributed by atoms with Crippen LogP contribution in [0.3, 0.4) is 0 Å². The lowest BCUT2D eigenvalue weighted by Crippen LogP contribution is -2.48. The Labute approximate surface area is 264 Å². The topological polar surface area (TPSA) is 183 Å². The number of hydrogen-bond acceptors (Lipinski definition) is 11. The Kier molecular flexibility index (Phi) is 14.0. The van der Waals surface area contributed by atoms with Gasteiger partial charge in [0.05, 0.1) is 37.8 Å². The summed E-state index contributed by atoms with van der Waals surface area (Å²) >= 11 is 4.46. The molecule has 1 heterocycles. The number of piperazine rings is 1. The lowest BCUT2D eigenvalue weighted by molar-refractivity contribution is -0.109. The quantitative estimate of drug-likeness (QED) is 0.0429. The van der Waals surface area contributed by atoms with Gasteiger partial charge in [-0.15, -0.1) is 12.6 Å². The Morgan fingerprint density at radius 1 is 1.02 bits per heavy atom. The van der Waals surface area contributed by atoms with Gasteiger partial charge in [-0.2, -0.15) is 0 Å². The molecule has 0 bridgehead atoms. The molecule has 0 atom stereocenters. The van der Waals surface area contributed by atoms with Crippen molar-refractivity contribution in [1.29, 1.82) is 10.8 Å². The predicted molar refractivity (Wildman–Crippen MR) is 175 cm³/mol. The van der Waals surface area contributed by atoms with Gasteiger partial charge in [-0.1, -0.05) is 24.3 Å². The number of rotatable bonds is 18. The van der Waals surface area contributed by atoms with Crippen LogP contribution in [0.15, 0.2) is 59.9 Å². The molecule has 1 fully saturated rings. The van der Waals surface area contributed by atoms with Crippen LogP contribution in [0.25, 0.3) is 4.91 Å². The van der Waals surface area contributed by atoms with Crippen LogP contribution in [-0.4, -0.2) is 98.6 Å². The number of benzene rings is 2. The van der Waals surface area contributed by atoms with E-state index in [1.807, 2.05) is 23.1 Å². The van der Waals surface area contributed by atoms with E-state index in [0.29, 0.717) is 86.7 Å². The second kappa shape index (κ2) is 17.9. The van der Waals surface area contributed by atoms with Gasteiger partial charge in [0.1, 0.15) is 23.9 Å². The molecule has 0 aromatic heterocycles. The zero-order chi connectivity index (χ0) is 31.9. The van der Waals surface area contributed by atoms with E-state index in [0.717, 1.165) is 30.8 Å². The Balaban J connectivity index is 1.33. The number of thiol groups is 1. The molecule has 238 valence electrons. The molecule has 13 heteroatoms. The molecule has 0 unspecified atom stereocenters. The van der Waals surface area contributed by atoms with E-state index in [1.165, 1.54) is 6.07 Å². The van der Waals surface area contributed by atoms with E-state index in [-0.39, 0.29) is 17.3 Å². The fraction of sp³-hybridized carbons (Fsp3) is 0.387. The summed E-state index contributed by atoms with van der Waals surface area (Å²) in [4.78, 5) is 15.7. The molecule has 0 saturated carbocycles. The second-order valence-corrected chi connectivity index (χ2v) is 10.6. The highest BCUT2D eigenvalue weighted by Crippen LogP contribution is 2.28. The summed E-state index contributed by atoms with van der Waals surface area (Å²) in [6, 6.07) is 12.2. The number of ether oxygens (including phenoxy) is 3. The van der Waals surface area contributed by atoms with Crippen LogP contribution >= 0.6 is 12.6 Å². The smallest absolute Gasteiger partial charge is 0.207 e. The van der Waals surface area contributed by atoms with Crippen molar-refractivity contribution in [3.05, 3.63) is 76.6 Å². The lowest BCUT2D eigenvalue weighted by atomic mass is 10.1. The standard InChI is InChI=1S/C31H43N7O5S/c1-22(32)30(44)23-6-7-24(20-36-21-39)29(18-23)43-17-16-42-15-14-41-13-12-37-8-10-38(11-9-37)27(31(34)35)19-26(33)25-4-2-3-5-28(25)40/h2-7,18-19,21,33,40,44H,8-17,20,32H2,1H3,(H3,34,35)(H,36,39)/b27-19+,30-22-,33-26?. The molecule has 1 saturated heterocycles. The van der Waals surface area contributed by atoms with E-state index in [1.54, 1.807) is 31.2 Å². The number of hydrogen-bond donors (Lipinski definition) is 7. The van der Waals surface area contributed by atoms with Crippen molar-refractivity contribution in [3.8, 4) is 11.5 Å². The van der Waals surface area contributed by atoms with Crippen molar-refractivity contribution in [2.75, 3.05) is 65.8 Å². The predicted octanol–water partition coefficient (Wildman–Crippen LogP) is 2.13. The number of allylic oxidation sites excluding steroid dienone is 2. The Morgan fingerprint density at radius 3 is 2.36 bits per heavy atom. The van der Waals surface area contributed by atoms with Gasteiger partial charge in [0.2, 0.25) is 6.41 Å². The van der Waals surface area contributed by atoms with Crippen LogP contribution in [0, 0.1) is 10.8 Å². The molecule has 0 spiro atoms. The normalized spacial score (nSPS) is 14.6. The van der Waals surface area contributed by atoms with Gasteiger partial charge >= 0.3 is 0 Å². The van der Waals surface area contributed by atoms with Crippen molar-refractivity contribution >= 4 is 35.5 Å². The molecule has 0 aliphatic carbocycles. The number of phenolic OH excluding ortho intramolecular Hbond substituents is 1. The summed E-state index contributed by atoms with van der Waals surface area (Å²) in [6.07, 6.45) is 2.19. The zero-order valence-electron chi connectivity index (χ0n) is 25.1. The number of amidine groups is 1. The fourth-order valence-corrected chi connectivity index (χ4v) is 4.69. The third-order valence-electron chi connectivity index (χ3n) is 6.96. The maximum absolute atomic E-state index is 10.7. The minimum atomic E-state index is -0.109. The first-order valence-corrected chi connectivity index (χ1v) is 14.8. The van der Waals surface area contributed by atoms with Crippen LogP contribution in [0.2, 0.25) is 0 Å². The van der Waals surface area contributed by atoms with Gasteiger partial charge in [0.25, 0.3) is 0 Å². The highest BCUT2D eigenvalue weighted by atomic mass is 32.1. The molecule has 1 aliphatic heterocycles. The van der Waals surface area contributed by atoms with Crippen LogP contribution in [-0.2, 0) is 20.8 Å². The van der Waals surface area contributed by atoms with Crippen molar-refractivity contribution in [2.45, 2.75) is 13.5 Å². The van der Waals surface area contributed by atoms with Crippen molar-refractivity contribution < 1.29 is 24.1 Å². The second-order valence-electron chi connectivity index (χ2n) is 10.1. The van der Waals surface area contributed by atoms with E-state index in [9.17, 15) is 9.90 Å². The number of para-hydroxylation sites is 1. The molecule has 44 heavy (non-hydrogen) atoms. The Hall–Kier alpha value is -4.04. The highest BCUT2D eigenvalue weighted by molar-refractivity contribution is 7.90. The summed E-state index contributed by atoms with van der Waals surface area (Å²) in [6.45, 7) is 7.91. The minimum absolute atomic E-state index is 0.0174. The monoisotopic (exact) mass is 625 g/mol. The number of nitrogens with one attached hydrogen (secondary N) is 3. The van der Waals surface area contributed by atoms with Crippen LogP contribution in [0.4, 0.5) is 0 Å². The number of amides is 1. The van der Waals surface area contributed by atoms with Crippen LogP contribution in [0.1, 0.15) is 23.6 Å². The Bertz CT molecular complexity index is 1340. The summed E-state index contributed by atoms with van der Waals surface area (Å²) in [5.74, 6) is 0.537. The molecule has 2 aromatic rings. The van der Waals surface area contributed by atoms with Crippen LogP contribution in [0.5, 0.6) is 11.5 Å². The number of carbonyl (C=O) groups is 1. The number of phenols is 1. The van der Waals surface area contributed by atoms with Gasteiger partial charge < -0.3 is 46.4 Å². The van der Waals surface area contributed by atoms with E-state index in [4.69, 9.17) is 36.5 Å². The van der Waals surface area contributed by atoms with Gasteiger partial charge in [0.15, 0.2) is 0 Å². The first kappa shape index (κ1) is 34.5. The Morgan fingerprint density at radius 2 is 1.70 bits per heavy atom. The summed E-state index contributed by atoms with van der Waals surface area (Å²) in [5, 5.41) is 29.1. The van der Waals surface area contributed by atoms with Gasteiger partial charge in [-0.3, -0.25) is 15.1 Å². The maximum Gasteiger partial charge on any atom is 0.207 e. The van der Waals surface area contributed by atoms with Crippen molar-refractivity contribution in [3.63, 3.8) is 0 Å². The number of carbonyl (C=O) groups excluding carboxylic acids is 1. The van der Waals surface area contributed by atoms with E-state index in [2.05, 4.69) is 22.8 Å². The number of nitrogens with zero attached hydrogens (tertiary/aromatic N) is 2. The first-order valence-electron chi connectivity index (χ1n) is 14.4. The van der Waals surface area contributed by atoms with Crippen molar-refractivity contribution in [2.24, 2.45) is 11.5 Å². The van der Waals surface area contributed by atoms with Gasteiger partial charge in [-0.25, -0.2) is 0 Å². The summed E-state index contributed by atoms with van der Waals surface area (Å²) in [7, 11) is 0. The first-order chi connectivity index (χ1) is 21.2. The summed E-state index contributed by atoms with van der Waals surface area (Å²) in [5.41, 5.74) is 14.9. The maximum atomic E-state index is 10.7. The molecule has 2 aromatic carbocycles. The number of nitrogens with two attached hydrogens (primary N) is 2. The minimum Gasteiger partial charge on any atom is -0.507 e. The molecular formula is C31H43N7O5S. The summed E-state index contributed by atoms with van der Waals surface area (Å²) < 4.78 is 17.3. The zero-order valence-corrected chi connectivity index (χ0v) is 25.9. The molecule has 1 aliphatic rings. The van der Waals surface area contributed by atoms with Crippen molar-refractivity contribution in [1.82, 2.24) is 15.1 Å². The highest BCUT2D eigenvalue weighted by Gasteiger charge is 2.21. The van der Waals surface area contributed by atoms with E-state index >= 15 is 0 Å². The molecule has 8 N–H and O–H groups in total. The largest absolute Gasteiger partial charge is 0.507 e. The molecular weight excluding hydrogens is 582 g/mol. The average molecular weight is 626 g/mol. The van der Waals surface area contributed by atoms with Gasteiger partial charge in [-0.05, 0) is 36.8 Å². The fourth-order valence-electron chi connectivity index (χ4n) is 4.56. The lowest BCUT2D eigenvalue weighted by Gasteiger charge is -2.37. The van der Waals surface area contributed by atoms with Gasteiger partial charge in [0, 0.05) is 61.0 Å². The molecule has 3 rings (SSSR count). The average Bonchev–Trinajstić information content (AvgIpc) is 3.02. The number of aromatic hydroxyl groups is 1. The molecule has 1 amide bonds. The van der Waals surface area contributed by atoms with Crippen LogP contribution < -0.4 is 21.5 Å². The molecule has 0 radical (unpaired) electrons. The van der Waals surface area contributed by atoms with E-state index < -0.39 is 0 Å². The third kappa shape index (κ3) is 10.6.